The lowest BCUT2D eigenvalue weighted by Crippen LogP contribution is -2.06. The van der Waals surface area contributed by atoms with Gasteiger partial charge in [-0.1, -0.05) is 18.2 Å². The van der Waals surface area contributed by atoms with Gasteiger partial charge in [-0.05, 0) is 12.1 Å². The number of aromatic carboxylic acids is 1. The summed E-state index contributed by atoms with van der Waals surface area (Å²) < 4.78 is 0. The van der Waals surface area contributed by atoms with Gasteiger partial charge in [-0.25, -0.2) is 9.59 Å². The molecule has 1 aromatic rings. The Kier molecular flexibility index (Phi) is 3.55. The minimum absolute atomic E-state index is 0.0347. The Morgan fingerprint density at radius 1 is 0.938 bits per heavy atom. The number of carbonyl (C=O) groups is 3. The van der Waals surface area contributed by atoms with E-state index >= 15 is 0 Å². The van der Waals surface area contributed by atoms with Gasteiger partial charge >= 0.3 is 11.9 Å². The van der Waals surface area contributed by atoms with Crippen molar-refractivity contribution < 1.29 is 24.6 Å². The number of hydrogen-bond acceptors (Lipinski definition) is 3. The summed E-state index contributed by atoms with van der Waals surface area (Å²) in [5, 5.41) is 17.1. The van der Waals surface area contributed by atoms with Gasteiger partial charge in [-0.2, -0.15) is 0 Å². The molecule has 0 saturated carbocycles. The van der Waals surface area contributed by atoms with E-state index in [1.165, 1.54) is 24.3 Å². The monoisotopic (exact) mass is 220 g/mol. The van der Waals surface area contributed by atoms with Crippen molar-refractivity contribution >= 4 is 17.7 Å². The third-order valence-electron chi connectivity index (χ3n) is 1.80. The Hall–Kier alpha value is -2.43. The SMILES string of the molecule is O=C(O)C=CC(=O)c1ccccc1C(=O)O. The molecule has 0 atom stereocenters. The summed E-state index contributed by atoms with van der Waals surface area (Å²) in [5.41, 5.74) is -0.185. The van der Waals surface area contributed by atoms with E-state index in [4.69, 9.17) is 10.2 Å². The summed E-state index contributed by atoms with van der Waals surface area (Å²) >= 11 is 0. The predicted octanol–water partition coefficient (Wildman–Crippen LogP) is 1.21. The standard InChI is InChI=1S/C11H8O5/c12-9(5-6-10(13)14)7-3-1-2-4-8(7)11(15)16/h1-6H,(H,13,14)(H,15,16). The van der Waals surface area contributed by atoms with Crippen molar-refractivity contribution in [1.82, 2.24) is 0 Å². The van der Waals surface area contributed by atoms with Crippen LogP contribution in [0.4, 0.5) is 0 Å². The van der Waals surface area contributed by atoms with E-state index in [1.54, 1.807) is 0 Å². The second-order valence-corrected chi connectivity index (χ2v) is 2.89. The molecule has 0 bridgehead atoms. The van der Waals surface area contributed by atoms with E-state index in [0.29, 0.717) is 6.08 Å². The summed E-state index contributed by atoms with van der Waals surface area (Å²) in [6.07, 6.45) is 1.49. The number of carboxylic acid groups (broad SMARTS) is 2. The molecule has 82 valence electrons. The first-order valence-electron chi connectivity index (χ1n) is 4.30. The Labute approximate surface area is 90.6 Å². The van der Waals surface area contributed by atoms with Crippen LogP contribution in [0.25, 0.3) is 0 Å². The van der Waals surface area contributed by atoms with Crippen LogP contribution in [0.5, 0.6) is 0 Å². The molecule has 0 saturated heterocycles. The number of benzene rings is 1. The van der Waals surface area contributed by atoms with E-state index in [-0.39, 0.29) is 11.1 Å². The third-order valence-corrected chi connectivity index (χ3v) is 1.80. The summed E-state index contributed by atoms with van der Waals surface area (Å²) in [4.78, 5) is 32.4. The lowest BCUT2D eigenvalue weighted by molar-refractivity contribution is -0.131. The van der Waals surface area contributed by atoms with E-state index < -0.39 is 17.7 Å². The van der Waals surface area contributed by atoms with Gasteiger partial charge in [0.25, 0.3) is 0 Å². The molecule has 0 heterocycles. The van der Waals surface area contributed by atoms with Crippen LogP contribution >= 0.6 is 0 Å². The van der Waals surface area contributed by atoms with Crippen molar-refractivity contribution in [2.24, 2.45) is 0 Å². The maximum Gasteiger partial charge on any atom is 0.336 e. The average Bonchev–Trinajstić information content (AvgIpc) is 2.25. The van der Waals surface area contributed by atoms with Crippen LogP contribution in [0, 0.1) is 0 Å². The summed E-state index contributed by atoms with van der Waals surface area (Å²) in [6, 6.07) is 5.61. The molecule has 0 unspecified atom stereocenters. The molecule has 16 heavy (non-hydrogen) atoms. The van der Waals surface area contributed by atoms with Crippen LogP contribution in [0.2, 0.25) is 0 Å². The van der Waals surface area contributed by atoms with Gasteiger partial charge in [-0.15, -0.1) is 0 Å². The van der Waals surface area contributed by atoms with Gasteiger partial charge in [-0.3, -0.25) is 4.79 Å². The molecule has 0 spiro atoms. The lowest BCUT2D eigenvalue weighted by Gasteiger charge is -2.00. The molecule has 5 nitrogen and oxygen atoms in total. The van der Waals surface area contributed by atoms with Gasteiger partial charge in [0.05, 0.1) is 5.56 Å². The highest BCUT2D eigenvalue weighted by Crippen LogP contribution is 2.10. The molecule has 5 heteroatoms. The number of rotatable bonds is 4. The van der Waals surface area contributed by atoms with Crippen molar-refractivity contribution in [1.29, 1.82) is 0 Å². The highest BCUT2D eigenvalue weighted by molar-refractivity contribution is 6.12. The fourth-order valence-corrected chi connectivity index (χ4v) is 1.12. The average molecular weight is 220 g/mol. The number of ketones is 1. The zero-order valence-electron chi connectivity index (χ0n) is 8.08. The predicted molar refractivity (Wildman–Crippen MR) is 54.5 cm³/mol. The molecular formula is C11H8O5. The Bertz CT molecular complexity index is 473. The van der Waals surface area contributed by atoms with Crippen molar-refractivity contribution in [3.63, 3.8) is 0 Å². The Balaban J connectivity index is 3.09. The van der Waals surface area contributed by atoms with Crippen LogP contribution in [0.15, 0.2) is 36.4 Å². The first-order valence-corrected chi connectivity index (χ1v) is 4.30. The summed E-state index contributed by atoms with van der Waals surface area (Å²) in [6.45, 7) is 0. The van der Waals surface area contributed by atoms with E-state index in [9.17, 15) is 14.4 Å². The quantitative estimate of drug-likeness (QED) is 0.587. The van der Waals surface area contributed by atoms with Gasteiger partial charge in [0.2, 0.25) is 0 Å². The molecule has 0 radical (unpaired) electrons. The van der Waals surface area contributed by atoms with Crippen LogP contribution < -0.4 is 0 Å². The summed E-state index contributed by atoms with van der Waals surface area (Å²) in [5.74, 6) is -3.14. The maximum absolute atomic E-state index is 11.5. The minimum Gasteiger partial charge on any atom is -0.478 e. The molecule has 1 rings (SSSR count). The molecule has 1 aromatic carbocycles. The smallest absolute Gasteiger partial charge is 0.336 e. The van der Waals surface area contributed by atoms with E-state index in [2.05, 4.69) is 0 Å². The van der Waals surface area contributed by atoms with Crippen molar-refractivity contribution in [3.8, 4) is 0 Å². The minimum atomic E-state index is -1.26. The molecule has 0 aromatic heterocycles. The van der Waals surface area contributed by atoms with Gasteiger partial charge in [0.1, 0.15) is 0 Å². The zero-order valence-corrected chi connectivity index (χ0v) is 8.08. The number of allylic oxidation sites excluding steroid dienone is 1. The zero-order chi connectivity index (χ0) is 12.1. The summed E-state index contributed by atoms with van der Waals surface area (Å²) in [7, 11) is 0. The molecule has 0 aliphatic heterocycles. The van der Waals surface area contributed by atoms with Crippen LogP contribution in [0.3, 0.4) is 0 Å². The van der Waals surface area contributed by atoms with Crippen LogP contribution in [-0.2, 0) is 4.79 Å². The van der Waals surface area contributed by atoms with Crippen LogP contribution in [0.1, 0.15) is 20.7 Å². The second-order valence-electron chi connectivity index (χ2n) is 2.89. The third kappa shape index (κ3) is 2.78. The largest absolute Gasteiger partial charge is 0.478 e. The van der Waals surface area contributed by atoms with Gasteiger partial charge in [0, 0.05) is 11.6 Å². The highest BCUT2D eigenvalue weighted by atomic mass is 16.4. The second kappa shape index (κ2) is 4.88. The molecule has 0 aliphatic carbocycles. The Morgan fingerprint density at radius 3 is 2.00 bits per heavy atom. The molecule has 0 fully saturated rings. The van der Waals surface area contributed by atoms with Crippen molar-refractivity contribution in [2.45, 2.75) is 0 Å². The fourth-order valence-electron chi connectivity index (χ4n) is 1.12. The number of aliphatic carboxylic acids is 1. The van der Waals surface area contributed by atoms with E-state index in [0.717, 1.165) is 6.08 Å². The van der Waals surface area contributed by atoms with E-state index in [1.807, 2.05) is 0 Å². The maximum atomic E-state index is 11.5. The number of hydrogen-bond donors (Lipinski definition) is 2. The fraction of sp³-hybridized carbons (Fsp3) is 0. The first-order chi connectivity index (χ1) is 7.52. The topological polar surface area (TPSA) is 91.7 Å². The van der Waals surface area contributed by atoms with Crippen molar-refractivity contribution in [3.05, 3.63) is 47.5 Å². The Morgan fingerprint density at radius 2 is 1.50 bits per heavy atom. The highest BCUT2D eigenvalue weighted by Gasteiger charge is 2.13. The normalized spacial score (nSPS) is 10.2. The molecule has 0 aliphatic rings. The first kappa shape index (κ1) is 11.6. The molecule has 2 N–H and O–H groups in total. The lowest BCUT2D eigenvalue weighted by atomic mass is 10.0. The molecule has 0 amide bonds. The molecular weight excluding hydrogens is 212 g/mol. The van der Waals surface area contributed by atoms with Crippen molar-refractivity contribution in [2.75, 3.05) is 0 Å². The number of carbonyl (C=O) groups excluding carboxylic acids is 1. The number of carboxylic acids is 2. The van der Waals surface area contributed by atoms with Gasteiger partial charge < -0.3 is 10.2 Å². The van der Waals surface area contributed by atoms with Crippen LogP contribution in [-0.4, -0.2) is 27.9 Å². The van der Waals surface area contributed by atoms with Gasteiger partial charge in [0.15, 0.2) is 5.78 Å².